The number of nitriles is 1. The summed E-state index contributed by atoms with van der Waals surface area (Å²) in [5.74, 6) is 0.681. The normalized spacial score (nSPS) is 9.78. The van der Waals surface area contributed by atoms with Gasteiger partial charge < -0.3 is 4.90 Å². The minimum atomic E-state index is 0.354. The highest BCUT2D eigenvalue weighted by atomic mass is 35.5. The molecule has 0 saturated carbocycles. The van der Waals surface area contributed by atoms with Gasteiger partial charge >= 0.3 is 0 Å². The van der Waals surface area contributed by atoms with Gasteiger partial charge in [0.15, 0.2) is 11.0 Å². The van der Waals surface area contributed by atoms with Crippen LogP contribution in [-0.4, -0.2) is 16.7 Å². The van der Waals surface area contributed by atoms with E-state index in [1.165, 1.54) is 0 Å². The Balaban J connectivity index is 2.31. The Morgan fingerprint density at radius 3 is 2.50 bits per heavy atom. The van der Waals surface area contributed by atoms with Gasteiger partial charge in [0.25, 0.3) is 0 Å². The third kappa shape index (κ3) is 2.96. The number of anilines is 2. The Hall–Kier alpha value is -2.12. The third-order valence-electron chi connectivity index (χ3n) is 2.41. The van der Waals surface area contributed by atoms with Gasteiger partial charge in [-0.1, -0.05) is 29.8 Å². The van der Waals surface area contributed by atoms with Crippen molar-refractivity contribution < 1.29 is 0 Å². The zero-order chi connectivity index (χ0) is 12.8. The van der Waals surface area contributed by atoms with E-state index >= 15 is 0 Å². The van der Waals surface area contributed by atoms with Crippen LogP contribution in [0.4, 0.5) is 11.5 Å². The molecule has 0 aliphatic rings. The van der Waals surface area contributed by atoms with E-state index in [0.29, 0.717) is 23.9 Å². The fraction of sp³-hybridized carbons (Fsp3) is 0.154. The van der Waals surface area contributed by atoms with E-state index in [4.69, 9.17) is 16.9 Å². The van der Waals surface area contributed by atoms with Gasteiger partial charge in [-0.05, 0) is 24.3 Å². The molecular weight excluding hydrogens is 248 g/mol. The molecule has 18 heavy (non-hydrogen) atoms. The number of aromatic nitrogens is 2. The lowest BCUT2D eigenvalue weighted by Gasteiger charge is -2.22. The first-order valence-electron chi connectivity index (χ1n) is 5.50. The van der Waals surface area contributed by atoms with Crippen LogP contribution in [0, 0.1) is 11.3 Å². The van der Waals surface area contributed by atoms with Crippen molar-refractivity contribution in [3.05, 3.63) is 47.6 Å². The average molecular weight is 259 g/mol. The molecule has 5 heteroatoms. The van der Waals surface area contributed by atoms with Crippen molar-refractivity contribution in [2.24, 2.45) is 0 Å². The number of benzene rings is 1. The van der Waals surface area contributed by atoms with Crippen molar-refractivity contribution >= 4 is 23.1 Å². The quantitative estimate of drug-likeness (QED) is 0.845. The molecule has 2 rings (SSSR count). The summed E-state index contributed by atoms with van der Waals surface area (Å²) >= 11 is 5.72. The van der Waals surface area contributed by atoms with Gasteiger partial charge in [-0.2, -0.15) is 5.26 Å². The summed E-state index contributed by atoms with van der Waals surface area (Å²) in [6, 6.07) is 15.4. The molecule has 0 N–H and O–H groups in total. The van der Waals surface area contributed by atoms with Gasteiger partial charge in [0.05, 0.1) is 12.5 Å². The summed E-state index contributed by atoms with van der Waals surface area (Å²) < 4.78 is 0. The summed E-state index contributed by atoms with van der Waals surface area (Å²) in [5.41, 5.74) is 0.976. The van der Waals surface area contributed by atoms with Crippen molar-refractivity contribution in [2.75, 3.05) is 11.4 Å². The van der Waals surface area contributed by atoms with Crippen molar-refractivity contribution in [1.29, 1.82) is 5.26 Å². The monoisotopic (exact) mass is 258 g/mol. The molecule has 0 bridgehead atoms. The first-order chi connectivity index (χ1) is 8.81. The van der Waals surface area contributed by atoms with Crippen LogP contribution in [0.3, 0.4) is 0 Å². The zero-order valence-corrected chi connectivity index (χ0v) is 10.4. The van der Waals surface area contributed by atoms with E-state index < -0.39 is 0 Å². The maximum Gasteiger partial charge on any atom is 0.155 e. The minimum Gasteiger partial charge on any atom is -0.324 e. The molecule has 0 amide bonds. The van der Waals surface area contributed by atoms with E-state index in [-0.39, 0.29) is 0 Å². The maximum absolute atomic E-state index is 8.72. The molecule has 0 radical (unpaired) electrons. The van der Waals surface area contributed by atoms with Gasteiger partial charge in [0, 0.05) is 12.2 Å². The lowest BCUT2D eigenvalue weighted by atomic mass is 10.2. The Morgan fingerprint density at radius 2 is 1.89 bits per heavy atom. The average Bonchev–Trinajstić information content (AvgIpc) is 2.42. The molecule has 1 aromatic heterocycles. The SMILES string of the molecule is N#CCCN(c1ccccc1)c1ccc(Cl)nn1. The second-order valence-electron chi connectivity index (χ2n) is 3.61. The van der Waals surface area contributed by atoms with E-state index in [2.05, 4.69) is 16.3 Å². The molecule has 0 saturated heterocycles. The van der Waals surface area contributed by atoms with Crippen molar-refractivity contribution in [2.45, 2.75) is 6.42 Å². The summed E-state index contributed by atoms with van der Waals surface area (Å²) in [7, 11) is 0. The molecule has 2 aromatic rings. The lowest BCUT2D eigenvalue weighted by molar-refractivity contribution is 0.894. The van der Waals surface area contributed by atoms with E-state index in [0.717, 1.165) is 5.69 Å². The highest BCUT2D eigenvalue weighted by Gasteiger charge is 2.10. The van der Waals surface area contributed by atoms with Crippen molar-refractivity contribution in [3.8, 4) is 6.07 Å². The predicted molar refractivity (Wildman–Crippen MR) is 70.7 cm³/mol. The molecule has 0 aliphatic heterocycles. The third-order valence-corrected chi connectivity index (χ3v) is 2.61. The number of halogens is 1. The summed E-state index contributed by atoms with van der Waals surface area (Å²) in [4.78, 5) is 1.94. The molecule has 4 nitrogen and oxygen atoms in total. The van der Waals surface area contributed by atoms with Gasteiger partial charge in [0.2, 0.25) is 0 Å². The fourth-order valence-electron chi connectivity index (χ4n) is 1.60. The van der Waals surface area contributed by atoms with Crippen LogP contribution in [0.25, 0.3) is 0 Å². The minimum absolute atomic E-state index is 0.354. The van der Waals surface area contributed by atoms with Crippen LogP contribution in [-0.2, 0) is 0 Å². The lowest BCUT2D eigenvalue weighted by Crippen LogP contribution is -2.19. The highest BCUT2D eigenvalue weighted by Crippen LogP contribution is 2.23. The topological polar surface area (TPSA) is 52.8 Å². The second-order valence-corrected chi connectivity index (χ2v) is 4.00. The number of nitrogens with zero attached hydrogens (tertiary/aromatic N) is 4. The van der Waals surface area contributed by atoms with E-state index in [9.17, 15) is 0 Å². The van der Waals surface area contributed by atoms with Crippen LogP contribution < -0.4 is 4.90 Å². The molecule has 0 atom stereocenters. The van der Waals surface area contributed by atoms with Crippen LogP contribution in [0.5, 0.6) is 0 Å². The van der Waals surface area contributed by atoms with Gasteiger partial charge in [0.1, 0.15) is 0 Å². The smallest absolute Gasteiger partial charge is 0.155 e. The Kier molecular flexibility index (Phi) is 4.11. The molecule has 1 heterocycles. The van der Waals surface area contributed by atoms with Crippen LogP contribution in [0.1, 0.15) is 6.42 Å². The zero-order valence-electron chi connectivity index (χ0n) is 9.62. The maximum atomic E-state index is 8.72. The second kappa shape index (κ2) is 5.99. The van der Waals surface area contributed by atoms with Gasteiger partial charge in [-0.15, -0.1) is 10.2 Å². The standard InChI is InChI=1S/C13H11ClN4/c14-12-7-8-13(17-16-12)18(10-4-9-15)11-5-2-1-3-6-11/h1-3,5-8H,4,10H2. The Morgan fingerprint density at radius 1 is 1.11 bits per heavy atom. The van der Waals surface area contributed by atoms with Crippen LogP contribution in [0.2, 0.25) is 5.15 Å². The van der Waals surface area contributed by atoms with Gasteiger partial charge in [-0.3, -0.25) is 0 Å². The largest absolute Gasteiger partial charge is 0.324 e. The van der Waals surface area contributed by atoms with Crippen LogP contribution >= 0.6 is 11.6 Å². The molecule has 1 aromatic carbocycles. The number of rotatable bonds is 4. The molecule has 0 aliphatic carbocycles. The predicted octanol–water partition coefficient (Wildman–Crippen LogP) is 3.18. The Bertz CT molecular complexity index is 533. The van der Waals surface area contributed by atoms with Gasteiger partial charge in [-0.25, -0.2) is 0 Å². The number of hydrogen-bond acceptors (Lipinski definition) is 4. The van der Waals surface area contributed by atoms with Crippen molar-refractivity contribution in [3.63, 3.8) is 0 Å². The molecular formula is C13H11ClN4. The molecule has 0 spiro atoms. The first kappa shape index (κ1) is 12.3. The molecule has 0 fully saturated rings. The fourth-order valence-corrected chi connectivity index (χ4v) is 1.70. The van der Waals surface area contributed by atoms with E-state index in [1.807, 2.05) is 35.2 Å². The first-order valence-corrected chi connectivity index (χ1v) is 5.88. The molecule has 90 valence electrons. The molecule has 0 unspecified atom stereocenters. The van der Waals surface area contributed by atoms with E-state index in [1.54, 1.807) is 12.1 Å². The van der Waals surface area contributed by atoms with Crippen molar-refractivity contribution in [1.82, 2.24) is 10.2 Å². The summed E-state index contributed by atoms with van der Waals surface area (Å²) in [5, 5.41) is 16.9. The number of para-hydroxylation sites is 1. The highest BCUT2D eigenvalue weighted by molar-refractivity contribution is 6.29. The Labute approximate surface area is 110 Å². The summed E-state index contributed by atoms with van der Waals surface area (Å²) in [6.45, 7) is 0.566. The number of hydrogen-bond donors (Lipinski definition) is 0. The van der Waals surface area contributed by atoms with Crippen LogP contribution in [0.15, 0.2) is 42.5 Å². The summed E-state index contributed by atoms with van der Waals surface area (Å²) in [6.07, 6.45) is 0.416.